The van der Waals surface area contributed by atoms with Crippen molar-refractivity contribution in [3.8, 4) is 11.8 Å². The fourth-order valence-electron chi connectivity index (χ4n) is 2.18. The third-order valence-corrected chi connectivity index (χ3v) is 3.61. The number of rotatable bonds is 3. The minimum atomic E-state index is -0.0804. The van der Waals surface area contributed by atoms with Crippen molar-refractivity contribution in [2.45, 2.75) is 32.2 Å². The molecule has 4 heteroatoms. The molecular weight excluding hydrogens is 238 g/mol. The number of nitrogens with two attached hydrogens (primary N) is 1. The zero-order chi connectivity index (χ0) is 13.7. The summed E-state index contributed by atoms with van der Waals surface area (Å²) < 4.78 is 0. The highest BCUT2D eigenvalue weighted by molar-refractivity contribution is 5.96. The number of nitrogens with zero attached hydrogens (tertiary/aromatic N) is 1. The van der Waals surface area contributed by atoms with Gasteiger partial charge in [-0.2, -0.15) is 0 Å². The van der Waals surface area contributed by atoms with Gasteiger partial charge in [-0.25, -0.2) is 0 Å². The van der Waals surface area contributed by atoms with Crippen LogP contribution in [-0.4, -0.2) is 23.5 Å². The predicted octanol–water partition coefficient (Wildman–Crippen LogP) is 1.31. The number of hydrogen-bond donors (Lipinski definition) is 2. The molecule has 0 aromatic carbocycles. The van der Waals surface area contributed by atoms with Crippen LogP contribution in [0.4, 0.5) is 0 Å². The maximum absolute atomic E-state index is 12.2. The Labute approximate surface area is 113 Å². The van der Waals surface area contributed by atoms with Crippen molar-refractivity contribution in [1.29, 1.82) is 0 Å². The van der Waals surface area contributed by atoms with Crippen LogP contribution in [0.3, 0.4) is 0 Å². The molecule has 2 rings (SSSR count). The lowest BCUT2D eigenvalue weighted by Gasteiger charge is -2.31. The van der Waals surface area contributed by atoms with E-state index in [0.29, 0.717) is 17.0 Å². The van der Waals surface area contributed by atoms with Crippen molar-refractivity contribution in [3.05, 3.63) is 29.6 Å². The van der Waals surface area contributed by atoms with Gasteiger partial charge in [0.15, 0.2) is 0 Å². The molecule has 0 saturated heterocycles. The topological polar surface area (TPSA) is 68.0 Å². The van der Waals surface area contributed by atoms with Crippen LogP contribution < -0.4 is 11.1 Å². The molecule has 1 atom stereocenters. The number of hydrogen-bond acceptors (Lipinski definition) is 3. The average molecular weight is 257 g/mol. The molecule has 1 amide bonds. The Balaban J connectivity index is 2.09. The van der Waals surface area contributed by atoms with E-state index in [-0.39, 0.29) is 18.5 Å². The Morgan fingerprint density at radius 3 is 3.05 bits per heavy atom. The molecule has 0 radical (unpaired) electrons. The largest absolute Gasteiger partial charge is 0.349 e. The molecule has 1 aliphatic rings. The Kier molecular flexibility index (Phi) is 4.53. The summed E-state index contributed by atoms with van der Waals surface area (Å²) >= 11 is 0. The quantitative estimate of drug-likeness (QED) is 0.802. The van der Waals surface area contributed by atoms with Gasteiger partial charge in [0.2, 0.25) is 0 Å². The molecule has 1 aromatic rings. The summed E-state index contributed by atoms with van der Waals surface area (Å²) in [5.74, 6) is 6.18. The highest BCUT2D eigenvalue weighted by Gasteiger charge is 2.25. The standard InChI is InChI=1S/C15H19N3O/c1-11(12-4-2-5-12)18-15(19)14-7-9-17-10-13(14)6-3-8-16/h7,9-12H,2,4-5,8,16H2,1H3,(H,18,19). The maximum Gasteiger partial charge on any atom is 0.252 e. The molecule has 4 nitrogen and oxygen atoms in total. The van der Waals surface area contributed by atoms with E-state index >= 15 is 0 Å². The van der Waals surface area contributed by atoms with Crippen LogP contribution in [0.5, 0.6) is 0 Å². The minimum absolute atomic E-state index is 0.0804. The summed E-state index contributed by atoms with van der Waals surface area (Å²) in [5, 5.41) is 3.05. The average Bonchev–Trinajstić information content (AvgIpc) is 2.34. The van der Waals surface area contributed by atoms with E-state index in [2.05, 4.69) is 29.1 Å². The summed E-state index contributed by atoms with van der Waals surface area (Å²) in [5.41, 5.74) is 6.56. The number of amides is 1. The highest BCUT2D eigenvalue weighted by atomic mass is 16.1. The van der Waals surface area contributed by atoms with E-state index in [0.717, 1.165) is 0 Å². The van der Waals surface area contributed by atoms with Gasteiger partial charge in [0.25, 0.3) is 5.91 Å². The second kappa shape index (κ2) is 6.35. The Morgan fingerprint density at radius 2 is 2.42 bits per heavy atom. The van der Waals surface area contributed by atoms with Crippen molar-refractivity contribution in [3.63, 3.8) is 0 Å². The molecule has 1 fully saturated rings. The van der Waals surface area contributed by atoms with Gasteiger partial charge in [-0.05, 0) is 31.7 Å². The second-order valence-corrected chi connectivity index (χ2v) is 4.88. The normalized spacial score (nSPS) is 15.9. The predicted molar refractivity (Wildman–Crippen MR) is 74.4 cm³/mol. The summed E-state index contributed by atoms with van der Waals surface area (Å²) in [4.78, 5) is 16.2. The molecule has 0 aliphatic heterocycles. The van der Waals surface area contributed by atoms with Gasteiger partial charge in [-0.1, -0.05) is 18.3 Å². The molecule has 0 bridgehead atoms. The fourth-order valence-corrected chi connectivity index (χ4v) is 2.18. The van der Waals surface area contributed by atoms with E-state index < -0.39 is 0 Å². The number of pyridine rings is 1. The van der Waals surface area contributed by atoms with Gasteiger partial charge in [-0.3, -0.25) is 9.78 Å². The summed E-state index contributed by atoms with van der Waals surface area (Å²) in [6, 6.07) is 1.91. The zero-order valence-corrected chi connectivity index (χ0v) is 11.1. The van der Waals surface area contributed by atoms with Crippen LogP contribution in [0.15, 0.2) is 18.5 Å². The monoisotopic (exact) mass is 257 g/mol. The number of carbonyl (C=O) groups is 1. The minimum Gasteiger partial charge on any atom is -0.349 e. The van der Waals surface area contributed by atoms with E-state index in [1.165, 1.54) is 19.3 Å². The van der Waals surface area contributed by atoms with Gasteiger partial charge in [0, 0.05) is 18.4 Å². The van der Waals surface area contributed by atoms with E-state index in [4.69, 9.17) is 5.73 Å². The first-order valence-corrected chi connectivity index (χ1v) is 6.66. The van der Waals surface area contributed by atoms with Gasteiger partial charge in [0.05, 0.1) is 17.7 Å². The first kappa shape index (κ1) is 13.6. The van der Waals surface area contributed by atoms with Crippen LogP contribution in [0, 0.1) is 17.8 Å². The third kappa shape index (κ3) is 3.33. The third-order valence-electron chi connectivity index (χ3n) is 3.61. The van der Waals surface area contributed by atoms with E-state index in [9.17, 15) is 4.79 Å². The highest BCUT2D eigenvalue weighted by Crippen LogP contribution is 2.29. The Morgan fingerprint density at radius 1 is 1.63 bits per heavy atom. The molecule has 1 aliphatic carbocycles. The van der Waals surface area contributed by atoms with E-state index in [1.54, 1.807) is 18.5 Å². The van der Waals surface area contributed by atoms with Crippen LogP contribution >= 0.6 is 0 Å². The molecule has 1 aromatic heterocycles. The van der Waals surface area contributed by atoms with Crippen molar-refractivity contribution < 1.29 is 4.79 Å². The lowest BCUT2D eigenvalue weighted by Crippen LogP contribution is -2.40. The number of carbonyl (C=O) groups excluding carboxylic acids is 1. The van der Waals surface area contributed by atoms with Crippen molar-refractivity contribution in [1.82, 2.24) is 10.3 Å². The SMILES string of the molecule is CC(NC(=O)c1ccncc1C#CCN)C1CCC1. The smallest absolute Gasteiger partial charge is 0.252 e. The Hall–Kier alpha value is -1.86. The molecular formula is C15H19N3O. The second-order valence-electron chi connectivity index (χ2n) is 4.88. The van der Waals surface area contributed by atoms with Crippen molar-refractivity contribution >= 4 is 5.91 Å². The van der Waals surface area contributed by atoms with Gasteiger partial charge < -0.3 is 11.1 Å². The summed E-state index contributed by atoms with van der Waals surface area (Å²) in [6.07, 6.45) is 6.89. The first-order valence-electron chi connectivity index (χ1n) is 6.66. The van der Waals surface area contributed by atoms with Crippen molar-refractivity contribution in [2.24, 2.45) is 11.7 Å². The van der Waals surface area contributed by atoms with Crippen molar-refractivity contribution in [2.75, 3.05) is 6.54 Å². The van der Waals surface area contributed by atoms with Crippen LogP contribution in [0.1, 0.15) is 42.1 Å². The molecule has 1 saturated carbocycles. The van der Waals surface area contributed by atoms with Crippen LogP contribution in [-0.2, 0) is 0 Å². The molecule has 19 heavy (non-hydrogen) atoms. The summed E-state index contributed by atoms with van der Waals surface area (Å²) in [7, 11) is 0. The molecule has 1 unspecified atom stereocenters. The summed E-state index contributed by atoms with van der Waals surface area (Å²) in [6.45, 7) is 2.34. The van der Waals surface area contributed by atoms with Gasteiger partial charge in [-0.15, -0.1) is 0 Å². The number of aromatic nitrogens is 1. The molecule has 0 spiro atoms. The fraction of sp³-hybridized carbons (Fsp3) is 0.467. The van der Waals surface area contributed by atoms with Crippen LogP contribution in [0.25, 0.3) is 0 Å². The molecule has 100 valence electrons. The zero-order valence-electron chi connectivity index (χ0n) is 11.1. The molecule has 3 N–H and O–H groups in total. The lowest BCUT2D eigenvalue weighted by atomic mass is 9.80. The first-order chi connectivity index (χ1) is 9.22. The maximum atomic E-state index is 12.2. The number of nitrogens with one attached hydrogen (secondary N) is 1. The van der Waals surface area contributed by atoms with Gasteiger partial charge in [0.1, 0.15) is 0 Å². The Bertz CT molecular complexity index is 512. The lowest BCUT2D eigenvalue weighted by molar-refractivity contribution is 0.0909. The van der Waals surface area contributed by atoms with E-state index in [1.807, 2.05) is 0 Å². The van der Waals surface area contributed by atoms with Gasteiger partial charge >= 0.3 is 0 Å². The van der Waals surface area contributed by atoms with Crippen LogP contribution in [0.2, 0.25) is 0 Å². The molecule has 1 heterocycles.